The third kappa shape index (κ3) is 4.94. The molecule has 5 heteroatoms. The highest BCUT2D eigenvalue weighted by atomic mass is 16.5. The highest BCUT2D eigenvalue weighted by Gasteiger charge is 2.62. The monoisotopic (exact) mass is 492 g/mol. The van der Waals surface area contributed by atoms with Crippen molar-refractivity contribution in [2.24, 2.45) is 5.41 Å². The van der Waals surface area contributed by atoms with Gasteiger partial charge < -0.3 is 9.84 Å². The number of aliphatic carboxylic acids is 1. The number of hydrogen-bond donors (Lipinski definition) is 1. The molecule has 0 unspecified atom stereocenters. The SMILES string of the molecule is CCOC(=O)C(C(=O)C(=O)O)(C(c1ccccc1)c1ccccc1)C(c1ccccc1)c1ccccc1. The fourth-order valence-corrected chi connectivity index (χ4v) is 5.20. The van der Waals surface area contributed by atoms with Gasteiger partial charge in [0.25, 0.3) is 5.78 Å². The van der Waals surface area contributed by atoms with Crippen LogP contribution in [0.2, 0.25) is 0 Å². The van der Waals surface area contributed by atoms with E-state index in [1.165, 1.54) is 0 Å². The summed E-state index contributed by atoms with van der Waals surface area (Å²) in [7, 11) is 0. The van der Waals surface area contributed by atoms with Gasteiger partial charge in [0.15, 0.2) is 5.41 Å². The molecule has 0 aliphatic rings. The summed E-state index contributed by atoms with van der Waals surface area (Å²) in [6.07, 6.45) is 0. The average molecular weight is 493 g/mol. The quantitative estimate of drug-likeness (QED) is 0.171. The fourth-order valence-electron chi connectivity index (χ4n) is 5.20. The van der Waals surface area contributed by atoms with E-state index in [9.17, 15) is 19.5 Å². The number of Topliss-reactive ketones (excluding diaryl/α,β-unsaturated/α-hetero) is 1. The van der Waals surface area contributed by atoms with Crippen LogP contribution in [-0.2, 0) is 19.1 Å². The van der Waals surface area contributed by atoms with Gasteiger partial charge in [0.05, 0.1) is 6.61 Å². The van der Waals surface area contributed by atoms with E-state index in [0.29, 0.717) is 22.3 Å². The summed E-state index contributed by atoms with van der Waals surface area (Å²) in [6.45, 7) is 1.63. The third-order valence-corrected chi connectivity index (χ3v) is 6.63. The molecule has 0 saturated heterocycles. The van der Waals surface area contributed by atoms with Crippen molar-refractivity contribution in [3.05, 3.63) is 144 Å². The van der Waals surface area contributed by atoms with Crippen LogP contribution in [0.4, 0.5) is 0 Å². The Morgan fingerprint density at radius 3 is 1.16 bits per heavy atom. The van der Waals surface area contributed by atoms with Crippen molar-refractivity contribution in [3.63, 3.8) is 0 Å². The predicted octanol–water partition coefficient (Wildman–Crippen LogP) is 5.85. The van der Waals surface area contributed by atoms with Crippen molar-refractivity contribution in [1.29, 1.82) is 0 Å². The minimum atomic E-state index is -2.16. The summed E-state index contributed by atoms with van der Waals surface area (Å²) in [5.41, 5.74) is 0.371. The molecule has 0 fully saturated rings. The van der Waals surface area contributed by atoms with Crippen molar-refractivity contribution in [2.45, 2.75) is 18.8 Å². The molecule has 0 bridgehead atoms. The smallest absolute Gasteiger partial charge is 0.373 e. The van der Waals surface area contributed by atoms with Crippen molar-refractivity contribution < 1.29 is 24.2 Å². The lowest BCUT2D eigenvalue weighted by molar-refractivity contribution is -0.169. The lowest BCUT2D eigenvalue weighted by Crippen LogP contribution is -2.53. The molecule has 1 N–H and O–H groups in total. The second-order valence-corrected chi connectivity index (χ2v) is 8.73. The molecule has 0 aromatic heterocycles. The van der Waals surface area contributed by atoms with Crippen LogP contribution in [0.15, 0.2) is 121 Å². The summed E-state index contributed by atoms with van der Waals surface area (Å²) in [4.78, 5) is 41.1. The minimum absolute atomic E-state index is 0.0138. The molecule has 4 aromatic rings. The van der Waals surface area contributed by atoms with Crippen LogP contribution in [0.5, 0.6) is 0 Å². The number of carboxylic acid groups (broad SMARTS) is 1. The number of carbonyl (C=O) groups is 3. The molecule has 0 radical (unpaired) electrons. The van der Waals surface area contributed by atoms with Gasteiger partial charge in [-0.05, 0) is 29.2 Å². The maximum Gasteiger partial charge on any atom is 0.373 e. The van der Waals surface area contributed by atoms with Crippen molar-refractivity contribution in [2.75, 3.05) is 6.61 Å². The molecule has 0 heterocycles. The number of carbonyl (C=O) groups excluding carboxylic acids is 2. The normalized spacial score (nSPS) is 11.3. The van der Waals surface area contributed by atoms with Gasteiger partial charge in [-0.1, -0.05) is 121 Å². The zero-order valence-electron chi connectivity index (χ0n) is 20.5. The maximum atomic E-state index is 14.3. The van der Waals surface area contributed by atoms with E-state index < -0.39 is 35.0 Å². The van der Waals surface area contributed by atoms with E-state index >= 15 is 0 Å². The van der Waals surface area contributed by atoms with Gasteiger partial charge in [-0.3, -0.25) is 9.59 Å². The Kier molecular flexibility index (Phi) is 7.94. The van der Waals surface area contributed by atoms with Crippen molar-refractivity contribution >= 4 is 17.7 Å². The zero-order valence-corrected chi connectivity index (χ0v) is 20.5. The van der Waals surface area contributed by atoms with Crippen molar-refractivity contribution in [3.8, 4) is 0 Å². The summed E-state index contributed by atoms with van der Waals surface area (Å²) in [5, 5.41) is 10.3. The third-order valence-electron chi connectivity index (χ3n) is 6.63. The van der Waals surface area contributed by atoms with Crippen LogP contribution in [0.1, 0.15) is 41.0 Å². The first-order valence-electron chi connectivity index (χ1n) is 12.2. The molecule has 4 rings (SSSR count). The van der Waals surface area contributed by atoms with E-state index in [1.807, 2.05) is 121 Å². The molecule has 0 amide bonds. The number of esters is 1. The molecule has 0 aliphatic heterocycles. The largest absolute Gasteiger partial charge is 0.475 e. The van der Waals surface area contributed by atoms with Crippen molar-refractivity contribution in [1.82, 2.24) is 0 Å². The number of benzene rings is 4. The van der Waals surface area contributed by atoms with E-state index in [4.69, 9.17) is 4.74 Å². The Labute approximate surface area is 216 Å². The highest BCUT2D eigenvalue weighted by molar-refractivity contribution is 6.40. The number of carboxylic acids is 1. The Morgan fingerprint density at radius 1 is 0.622 bits per heavy atom. The minimum Gasteiger partial charge on any atom is -0.475 e. The molecule has 4 aromatic carbocycles. The topological polar surface area (TPSA) is 80.7 Å². The number of ketones is 1. The van der Waals surface area contributed by atoms with Crippen LogP contribution >= 0.6 is 0 Å². The van der Waals surface area contributed by atoms with Gasteiger partial charge in [-0.2, -0.15) is 0 Å². The summed E-state index contributed by atoms with van der Waals surface area (Å²) in [5.74, 6) is -5.70. The lowest BCUT2D eigenvalue weighted by atomic mass is 9.56. The Balaban J connectivity index is 2.20. The van der Waals surface area contributed by atoms with Crippen LogP contribution in [0.3, 0.4) is 0 Å². The van der Waals surface area contributed by atoms with Gasteiger partial charge in [-0.25, -0.2) is 4.79 Å². The first-order valence-corrected chi connectivity index (χ1v) is 12.2. The van der Waals surface area contributed by atoms with Gasteiger partial charge in [0.2, 0.25) is 0 Å². The molecular weight excluding hydrogens is 464 g/mol. The molecule has 0 saturated carbocycles. The Morgan fingerprint density at radius 2 is 0.919 bits per heavy atom. The number of hydrogen-bond acceptors (Lipinski definition) is 4. The second-order valence-electron chi connectivity index (χ2n) is 8.73. The second kappa shape index (κ2) is 11.5. The van der Waals surface area contributed by atoms with Gasteiger partial charge in [0, 0.05) is 11.8 Å². The number of rotatable bonds is 10. The van der Waals surface area contributed by atoms with Gasteiger partial charge >= 0.3 is 11.9 Å². The van der Waals surface area contributed by atoms with Crippen LogP contribution in [-0.4, -0.2) is 29.4 Å². The maximum absolute atomic E-state index is 14.3. The predicted molar refractivity (Wildman–Crippen MR) is 141 cm³/mol. The fraction of sp³-hybridized carbons (Fsp3) is 0.156. The molecule has 5 nitrogen and oxygen atoms in total. The Bertz CT molecular complexity index is 1170. The molecule has 0 spiro atoms. The molecule has 37 heavy (non-hydrogen) atoms. The van der Waals surface area contributed by atoms with E-state index in [-0.39, 0.29) is 6.61 Å². The Hall–Kier alpha value is -4.51. The summed E-state index contributed by atoms with van der Waals surface area (Å²) >= 11 is 0. The zero-order chi connectivity index (χ0) is 26.3. The van der Waals surface area contributed by atoms with E-state index in [2.05, 4.69) is 0 Å². The molecule has 0 atom stereocenters. The van der Waals surface area contributed by atoms with Crippen LogP contribution in [0.25, 0.3) is 0 Å². The molecule has 0 aliphatic carbocycles. The summed E-state index contributed by atoms with van der Waals surface area (Å²) < 4.78 is 5.60. The molecular formula is C32H28O5. The first-order chi connectivity index (χ1) is 18.0. The van der Waals surface area contributed by atoms with E-state index in [1.54, 1.807) is 6.92 Å². The lowest BCUT2D eigenvalue weighted by Gasteiger charge is -2.43. The average Bonchev–Trinajstić information content (AvgIpc) is 2.94. The summed E-state index contributed by atoms with van der Waals surface area (Å²) in [6, 6.07) is 36.3. The van der Waals surface area contributed by atoms with Gasteiger partial charge in [0.1, 0.15) is 0 Å². The first kappa shape index (κ1) is 25.6. The van der Waals surface area contributed by atoms with Crippen LogP contribution < -0.4 is 0 Å². The number of ether oxygens (including phenoxy) is 1. The molecule has 186 valence electrons. The van der Waals surface area contributed by atoms with Crippen LogP contribution in [0, 0.1) is 5.41 Å². The van der Waals surface area contributed by atoms with Gasteiger partial charge in [-0.15, -0.1) is 0 Å². The van der Waals surface area contributed by atoms with E-state index in [0.717, 1.165) is 0 Å². The standard InChI is InChI=1S/C32H28O5/c1-2-37-31(36)32(29(33)30(34)35,27(23-15-7-3-8-16-23)24-17-9-4-10-18-24)28(25-19-11-5-12-20-25)26-21-13-6-14-22-26/h3-22,27-28H,2H2,1H3,(H,34,35). The highest BCUT2D eigenvalue weighted by Crippen LogP contribution is 2.54.